The molecule has 2 N–H and O–H groups in total. The summed E-state index contributed by atoms with van der Waals surface area (Å²) in [5.41, 5.74) is -1.23. The van der Waals surface area contributed by atoms with Crippen molar-refractivity contribution in [2.45, 2.75) is 44.4 Å². The highest BCUT2D eigenvalue weighted by Crippen LogP contribution is 2.26. The molecule has 0 aromatic rings. The molecule has 2 aliphatic heterocycles. The van der Waals surface area contributed by atoms with Crippen LogP contribution >= 0.6 is 0 Å². The Kier molecular flexibility index (Phi) is 3.58. The number of carbonyl (C=O) groups is 2. The molecule has 0 spiro atoms. The van der Waals surface area contributed by atoms with Crippen molar-refractivity contribution in [2.24, 2.45) is 0 Å². The summed E-state index contributed by atoms with van der Waals surface area (Å²) in [6, 6.07) is -0.296. The molecule has 2 unspecified atom stereocenters. The van der Waals surface area contributed by atoms with E-state index in [9.17, 15) is 9.59 Å². The number of alkyl carbamates (subject to hydrolysis) is 2. The first-order valence-corrected chi connectivity index (χ1v) is 6.33. The predicted octanol–water partition coefficient (Wildman–Crippen LogP) is 0.779. The van der Waals surface area contributed by atoms with Gasteiger partial charge in [0.2, 0.25) is 0 Å². The second-order valence-corrected chi connectivity index (χ2v) is 5.88. The SMILES string of the molecule is CC(C)(C)OC(=O)NC1(C2COC(=O)N2)CCOC1. The van der Waals surface area contributed by atoms with Crippen molar-refractivity contribution >= 4 is 12.2 Å². The molecule has 2 heterocycles. The van der Waals surface area contributed by atoms with Gasteiger partial charge in [0.1, 0.15) is 12.2 Å². The Morgan fingerprint density at radius 2 is 2.26 bits per heavy atom. The Morgan fingerprint density at radius 3 is 2.74 bits per heavy atom. The van der Waals surface area contributed by atoms with Crippen molar-refractivity contribution in [3.63, 3.8) is 0 Å². The van der Waals surface area contributed by atoms with E-state index in [0.29, 0.717) is 19.6 Å². The summed E-state index contributed by atoms with van der Waals surface area (Å²) in [6.07, 6.45) is -0.373. The van der Waals surface area contributed by atoms with E-state index < -0.39 is 23.3 Å². The standard InChI is InChI=1S/C12H20N2O5/c1-11(2,3)19-10(16)14-12(4-5-17-7-12)8-6-18-9(15)13-8/h8H,4-7H2,1-3H3,(H,13,15)(H,14,16). The zero-order valence-electron chi connectivity index (χ0n) is 11.4. The van der Waals surface area contributed by atoms with E-state index in [1.165, 1.54) is 0 Å². The van der Waals surface area contributed by atoms with Crippen LogP contribution in [0.2, 0.25) is 0 Å². The summed E-state index contributed by atoms with van der Waals surface area (Å²) in [6.45, 7) is 6.47. The van der Waals surface area contributed by atoms with Crippen molar-refractivity contribution in [1.29, 1.82) is 0 Å². The fourth-order valence-corrected chi connectivity index (χ4v) is 2.23. The number of amides is 2. The van der Waals surface area contributed by atoms with Gasteiger partial charge < -0.3 is 24.8 Å². The summed E-state index contributed by atoms with van der Waals surface area (Å²) in [5, 5.41) is 5.52. The monoisotopic (exact) mass is 272 g/mol. The number of hydrogen-bond acceptors (Lipinski definition) is 5. The maximum atomic E-state index is 11.9. The van der Waals surface area contributed by atoms with Gasteiger partial charge in [-0.15, -0.1) is 0 Å². The number of hydrogen-bond donors (Lipinski definition) is 2. The van der Waals surface area contributed by atoms with Gasteiger partial charge in [0, 0.05) is 6.61 Å². The molecule has 7 nitrogen and oxygen atoms in total. The predicted molar refractivity (Wildman–Crippen MR) is 65.8 cm³/mol. The lowest BCUT2D eigenvalue weighted by Crippen LogP contribution is -2.62. The lowest BCUT2D eigenvalue weighted by atomic mass is 9.90. The van der Waals surface area contributed by atoms with Crippen molar-refractivity contribution in [2.75, 3.05) is 19.8 Å². The first-order chi connectivity index (χ1) is 8.81. The molecule has 2 fully saturated rings. The molecular formula is C12H20N2O5. The Morgan fingerprint density at radius 1 is 1.53 bits per heavy atom. The van der Waals surface area contributed by atoms with Gasteiger partial charge in [-0.25, -0.2) is 9.59 Å². The average Bonchev–Trinajstić information content (AvgIpc) is 2.84. The van der Waals surface area contributed by atoms with Gasteiger partial charge >= 0.3 is 12.2 Å². The number of cyclic esters (lactones) is 1. The smallest absolute Gasteiger partial charge is 0.408 e. The summed E-state index contributed by atoms with van der Waals surface area (Å²) < 4.78 is 15.5. The van der Waals surface area contributed by atoms with E-state index in [2.05, 4.69) is 10.6 Å². The van der Waals surface area contributed by atoms with Crippen molar-refractivity contribution in [3.8, 4) is 0 Å². The Hall–Kier alpha value is -1.50. The van der Waals surface area contributed by atoms with Gasteiger partial charge in [-0.1, -0.05) is 0 Å². The number of ether oxygens (including phenoxy) is 3. The van der Waals surface area contributed by atoms with Crippen LogP contribution in [0, 0.1) is 0 Å². The molecule has 2 amide bonds. The molecule has 2 rings (SSSR count). The quantitative estimate of drug-likeness (QED) is 0.775. The van der Waals surface area contributed by atoms with Crippen LogP contribution < -0.4 is 10.6 Å². The van der Waals surface area contributed by atoms with Crippen LogP contribution in [-0.4, -0.2) is 49.2 Å². The zero-order chi connectivity index (χ0) is 14.1. The van der Waals surface area contributed by atoms with Gasteiger partial charge in [-0.2, -0.15) is 0 Å². The fraction of sp³-hybridized carbons (Fsp3) is 0.833. The molecule has 0 aliphatic carbocycles. The zero-order valence-corrected chi connectivity index (χ0v) is 11.4. The van der Waals surface area contributed by atoms with Crippen molar-refractivity contribution in [1.82, 2.24) is 10.6 Å². The first kappa shape index (κ1) is 13.9. The van der Waals surface area contributed by atoms with Crippen LogP contribution in [0.1, 0.15) is 27.2 Å². The number of nitrogens with one attached hydrogen (secondary N) is 2. The van der Waals surface area contributed by atoms with Gasteiger partial charge in [-0.05, 0) is 27.2 Å². The summed E-state index contributed by atoms with van der Waals surface area (Å²) in [5.74, 6) is 0. The summed E-state index contributed by atoms with van der Waals surface area (Å²) >= 11 is 0. The number of rotatable bonds is 2. The molecule has 7 heteroatoms. The van der Waals surface area contributed by atoms with Crippen LogP contribution in [0.4, 0.5) is 9.59 Å². The molecule has 0 bridgehead atoms. The van der Waals surface area contributed by atoms with Crippen LogP contribution in [0.25, 0.3) is 0 Å². The van der Waals surface area contributed by atoms with Crippen LogP contribution in [0.5, 0.6) is 0 Å². The van der Waals surface area contributed by atoms with E-state index in [1.807, 2.05) is 0 Å². The van der Waals surface area contributed by atoms with E-state index >= 15 is 0 Å². The van der Waals surface area contributed by atoms with E-state index in [1.54, 1.807) is 20.8 Å². The van der Waals surface area contributed by atoms with Gasteiger partial charge in [-0.3, -0.25) is 0 Å². The van der Waals surface area contributed by atoms with E-state index in [4.69, 9.17) is 14.2 Å². The molecule has 2 atom stereocenters. The fourth-order valence-electron chi connectivity index (χ4n) is 2.23. The molecule has 108 valence electrons. The second kappa shape index (κ2) is 4.88. The van der Waals surface area contributed by atoms with Crippen LogP contribution in [-0.2, 0) is 14.2 Å². The minimum atomic E-state index is -0.658. The maximum absolute atomic E-state index is 11.9. The van der Waals surface area contributed by atoms with Crippen LogP contribution in [0.15, 0.2) is 0 Å². The maximum Gasteiger partial charge on any atom is 0.408 e. The molecular weight excluding hydrogens is 252 g/mol. The third-order valence-electron chi connectivity index (χ3n) is 3.14. The summed E-state index contributed by atoms with van der Waals surface area (Å²) in [7, 11) is 0. The first-order valence-electron chi connectivity index (χ1n) is 6.33. The van der Waals surface area contributed by atoms with Crippen LogP contribution in [0.3, 0.4) is 0 Å². The van der Waals surface area contributed by atoms with Gasteiger partial charge in [0.15, 0.2) is 0 Å². The molecule has 0 aromatic heterocycles. The molecule has 19 heavy (non-hydrogen) atoms. The average molecular weight is 272 g/mol. The lowest BCUT2D eigenvalue weighted by Gasteiger charge is -2.34. The normalized spacial score (nSPS) is 30.7. The van der Waals surface area contributed by atoms with Crippen molar-refractivity contribution in [3.05, 3.63) is 0 Å². The lowest BCUT2D eigenvalue weighted by molar-refractivity contribution is 0.0407. The minimum Gasteiger partial charge on any atom is -0.447 e. The third-order valence-corrected chi connectivity index (χ3v) is 3.14. The molecule has 0 aromatic carbocycles. The molecule has 0 radical (unpaired) electrons. The second-order valence-electron chi connectivity index (χ2n) is 5.88. The van der Waals surface area contributed by atoms with E-state index in [0.717, 1.165) is 0 Å². The highest BCUT2D eigenvalue weighted by atomic mass is 16.6. The molecule has 2 saturated heterocycles. The summed E-state index contributed by atoms with van der Waals surface area (Å²) in [4.78, 5) is 23.1. The van der Waals surface area contributed by atoms with Gasteiger partial charge in [0.25, 0.3) is 0 Å². The Bertz CT molecular complexity index is 371. The highest BCUT2D eigenvalue weighted by Gasteiger charge is 2.48. The Labute approximate surface area is 112 Å². The largest absolute Gasteiger partial charge is 0.447 e. The van der Waals surface area contributed by atoms with E-state index in [-0.39, 0.29) is 12.6 Å². The van der Waals surface area contributed by atoms with Gasteiger partial charge in [0.05, 0.1) is 18.2 Å². The highest BCUT2D eigenvalue weighted by molar-refractivity contribution is 5.72. The third kappa shape index (κ3) is 3.28. The Balaban J connectivity index is 2.03. The molecule has 0 saturated carbocycles. The topological polar surface area (TPSA) is 85.9 Å². The molecule has 2 aliphatic rings. The van der Waals surface area contributed by atoms with Crippen molar-refractivity contribution < 1.29 is 23.8 Å². The number of carbonyl (C=O) groups excluding carboxylic acids is 2. The minimum absolute atomic E-state index is 0.220.